The number of amides is 1. The fraction of sp³-hybridized carbons (Fsp3) is 0.238. The lowest BCUT2D eigenvalue weighted by Crippen LogP contribution is -2.54. The van der Waals surface area contributed by atoms with Crippen molar-refractivity contribution in [3.8, 4) is 0 Å². The van der Waals surface area contributed by atoms with Crippen molar-refractivity contribution in [1.82, 2.24) is 20.8 Å². The molecule has 3 unspecified atom stereocenters. The normalized spacial score (nSPS) is 23.8. The Bertz CT molecular complexity index is 1050. The van der Waals surface area contributed by atoms with Crippen LogP contribution < -0.4 is 16.2 Å². The fourth-order valence-corrected chi connectivity index (χ4v) is 5.07. The van der Waals surface area contributed by atoms with Crippen LogP contribution in [0.3, 0.4) is 0 Å². The third-order valence-corrected chi connectivity index (χ3v) is 6.90. The molecule has 7 nitrogen and oxygen atoms in total. The van der Waals surface area contributed by atoms with Crippen LogP contribution in [-0.2, 0) is 4.79 Å². The number of halogens is 2. The van der Waals surface area contributed by atoms with Crippen molar-refractivity contribution in [2.75, 3.05) is 11.1 Å². The van der Waals surface area contributed by atoms with Gasteiger partial charge in [0.15, 0.2) is 5.17 Å². The largest absolute Gasteiger partial charge is 0.323 e. The number of hydrogen-bond acceptors (Lipinski definition) is 7. The second kappa shape index (κ2) is 8.52. The van der Waals surface area contributed by atoms with E-state index in [2.05, 4.69) is 54.3 Å². The molecule has 1 saturated heterocycles. The first kappa shape index (κ1) is 20.3. The quantitative estimate of drug-likeness (QED) is 0.593. The number of carbonyl (C=O) groups excluding carboxylic acids is 1. The smallest absolute Gasteiger partial charge is 0.234 e. The summed E-state index contributed by atoms with van der Waals surface area (Å²) < 4.78 is 14.6. The first-order valence-corrected chi connectivity index (χ1v) is 11.6. The van der Waals surface area contributed by atoms with E-state index >= 15 is 0 Å². The Morgan fingerprint density at radius 1 is 1.26 bits per heavy atom. The highest BCUT2D eigenvalue weighted by Crippen LogP contribution is 2.35. The average Bonchev–Trinajstić information content (AvgIpc) is 3.39. The molecule has 0 saturated carbocycles. The summed E-state index contributed by atoms with van der Waals surface area (Å²) in [6, 6.07) is 15.3. The summed E-state index contributed by atoms with van der Waals surface area (Å²) in [5.41, 5.74) is 8.16. The molecule has 1 fully saturated rings. The number of nitrogens with one attached hydrogen (secondary N) is 3. The topological polar surface area (TPSA) is 72.0 Å². The van der Waals surface area contributed by atoms with E-state index in [1.165, 1.54) is 29.5 Å². The second-order valence-electron chi connectivity index (χ2n) is 7.44. The maximum atomic E-state index is 13.9. The van der Waals surface area contributed by atoms with E-state index in [1.54, 1.807) is 6.07 Å². The maximum Gasteiger partial charge on any atom is 0.234 e. The third kappa shape index (κ3) is 4.15. The molecule has 0 bridgehead atoms. The molecule has 3 aliphatic heterocycles. The Balaban J connectivity index is 1.18. The van der Waals surface area contributed by atoms with Gasteiger partial charge in [-0.25, -0.2) is 9.82 Å². The summed E-state index contributed by atoms with van der Waals surface area (Å²) in [4.78, 5) is 14.4. The van der Waals surface area contributed by atoms with Gasteiger partial charge in [0.25, 0.3) is 0 Å². The molecule has 160 valence electrons. The number of thioether (sulfide) groups is 1. The molecule has 1 amide bonds. The van der Waals surface area contributed by atoms with Crippen molar-refractivity contribution < 1.29 is 9.18 Å². The molecular weight excluding hydrogens is 483 g/mol. The molecule has 0 spiro atoms. The first-order chi connectivity index (χ1) is 15.1. The van der Waals surface area contributed by atoms with Crippen LogP contribution in [0.5, 0.6) is 0 Å². The van der Waals surface area contributed by atoms with Gasteiger partial charge in [-0.3, -0.25) is 10.2 Å². The summed E-state index contributed by atoms with van der Waals surface area (Å²) in [6.07, 6.45) is 4.88. The zero-order chi connectivity index (χ0) is 21.4. The molecule has 0 aromatic heterocycles. The van der Waals surface area contributed by atoms with Crippen molar-refractivity contribution in [2.45, 2.75) is 24.7 Å². The number of hydrazone groups is 1. The summed E-state index contributed by atoms with van der Waals surface area (Å²) in [5, 5.41) is 9.89. The van der Waals surface area contributed by atoms with Gasteiger partial charge in [-0.2, -0.15) is 5.10 Å². The van der Waals surface area contributed by atoms with E-state index in [4.69, 9.17) is 0 Å². The first-order valence-electron chi connectivity index (χ1n) is 9.85. The number of benzene rings is 2. The Morgan fingerprint density at radius 2 is 2.10 bits per heavy atom. The number of amidine groups is 1. The zero-order valence-corrected chi connectivity index (χ0v) is 18.7. The van der Waals surface area contributed by atoms with Crippen LogP contribution in [0.25, 0.3) is 0 Å². The highest BCUT2D eigenvalue weighted by atomic mass is 79.9. The lowest BCUT2D eigenvalue weighted by Gasteiger charge is -2.36. The van der Waals surface area contributed by atoms with Gasteiger partial charge >= 0.3 is 0 Å². The van der Waals surface area contributed by atoms with Crippen LogP contribution in [0.4, 0.5) is 10.1 Å². The monoisotopic (exact) mass is 502 g/mol. The van der Waals surface area contributed by atoms with Crippen LogP contribution in [0.15, 0.2) is 70.5 Å². The minimum atomic E-state index is -0.478. The Hall–Kier alpha value is -2.56. The van der Waals surface area contributed by atoms with Gasteiger partial charge in [0, 0.05) is 16.9 Å². The van der Waals surface area contributed by atoms with Gasteiger partial charge in [-0.05, 0) is 30.2 Å². The molecule has 0 aliphatic carbocycles. The Kier molecular flexibility index (Phi) is 5.59. The molecule has 3 atom stereocenters. The maximum absolute atomic E-state index is 13.9. The standard InChI is InChI=1S/C21H20BrFN6OS/c22-14-6-7-16(15(23)10-14)24-19(30)12-31-21-26-25-20-18-11-17(13-4-2-1-3-5-13)27-29(18)9-8-28(20)21/h1-10,17-18,20,25,27H,11-12H2,(H,24,30). The van der Waals surface area contributed by atoms with Crippen molar-refractivity contribution in [3.05, 3.63) is 76.8 Å². The van der Waals surface area contributed by atoms with Crippen LogP contribution in [0.1, 0.15) is 18.0 Å². The molecule has 10 heteroatoms. The van der Waals surface area contributed by atoms with Gasteiger partial charge in [-0.15, -0.1) is 0 Å². The predicted molar refractivity (Wildman–Crippen MR) is 123 cm³/mol. The lowest BCUT2D eigenvalue weighted by atomic mass is 10.00. The fourth-order valence-electron chi connectivity index (χ4n) is 3.96. The van der Waals surface area contributed by atoms with Gasteiger partial charge < -0.3 is 15.2 Å². The van der Waals surface area contributed by atoms with Gasteiger partial charge in [0.2, 0.25) is 5.91 Å². The number of fused-ring (bicyclic) bond motifs is 3. The predicted octanol–water partition coefficient (Wildman–Crippen LogP) is 3.57. The zero-order valence-electron chi connectivity index (χ0n) is 16.3. The van der Waals surface area contributed by atoms with Gasteiger partial charge in [0.05, 0.1) is 23.5 Å². The van der Waals surface area contributed by atoms with E-state index in [1.807, 2.05) is 35.5 Å². The number of carbonyl (C=O) groups is 1. The van der Waals surface area contributed by atoms with Crippen LogP contribution in [0, 0.1) is 5.82 Å². The van der Waals surface area contributed by atoms with Gasteiger partial charge in [-0.1, -0.05) is 58.0 Å². The van der Waals surface area contributed by atoms with E-state index < -0.39 is 5.82 Å². The van der Waals surface area contributed by atoms with Crippen molar-refractivity contribution in [3.63, 3.8) is 0 Å². The number of hydrazine groups is 1. The molecular formula is C21H20BrFN6OS. The number of nitrogens with zero attached hydrogens (tertiary/aromatic N) is 3. The number of rotatable bonds is 4. The molecule has 0 radical (unpaired) electrons. The minimum absolute atomic E-state index is 0.0132. The SMILES string of the molecule is O=C(CSC1=NNC2C3CC(c4ccccc4)NN3C=CN12)Nc1ccc(Br)cc1F. The van der Waals surface area contributed by atoms with Crippen molar-refractivity contribution >= 4 is 44.5 Å². The lowest BCUT2D eigenvalue weighted by molar-refractivity contribution is -0.113. The molecule has 2 aromatic rings. The van der Waals surface area contributed by atoms with Crippen molar-refractivity contribution in [2.24, 2.45) is 5.10 Å². The number of hydrogen-bond donors (Lipinski definition) is 3. The molecule has 3 N–H and O–H groups in total. The summed E-state index contributed by atoms with van der Waals surface area (Å²) in [7, 11) is 0. The van der Waals surface area contributed by atoms with Crippen LogP contribution in [-0.4, -0.2) is 38.9 Å². The Morgan fingerprint density at radius 3 is 2.90 bits per heavy atom. The number of anilines is 1. The van der Waals surface area contributed by atoms with Gasteiger partial charge in [0.1, 0.15) is 12.0 Å². The molecule has 5 rings (SSSR count). The van der Waals surface area contributed by atoms with Crippen LogP contribution in [0.2, 0.25) is 0 Å². The molecule has 2 aromatic carbocycles. The second-order valence-corrected chi connectivity index (χ2v) is 9.30. The summed E-state index contributed by atoms with van der Waals surface area (Å²) >= 11 is 4.52. The average molecular weight is 503 g/mol. The highest BCUT2D eigenvalue weighted by molar-refractivity contribution is 9.10. The summed E-state index contributed by atoms with van der Waals surface area (Å²) in [5.74, 6) is -0.633. The van der Waals surface area contributed by atoms with E-state index in [9.17, 15) is 9.18 Å². The van der Waals surface area contributed by atoms with E-state index in [0.717, 1.165) is 11.6 Å². The minimum Gasteiger partial charge on any atom is -0.323 e. The summed E-state index contributed by atoms with van der Waals surface area (Å²) in [6.45, 7) is 0. The van der Waals surface area contributed by atoms with E-state index in [-0.39, 0.29) is 35.6 Å². The van der Waals surface area contributed by atoms with Crippen molar-refractivity contribution in [1.29, 1.82) is 0 Å². The molecule has 3 aliphatic rings. The highest BCUT2D eigenvalue weighted by Gasteiger charge is 2.44. The Labute approximate surface area is 191 Å². The molecule has 3 heterocycles. The van der Waals surface area contributed by atoms with Crippen LogP contribution >= 0.6 is 27.7 Å². The third-order valence-electron chi connectivity index (χ3n) is 5.44. The molecule has 31 heavy (non-hydrogen) atoms. The van der Waals surface area contributed by atoms with E-state index in [0.29, 0.717) is 4.47 Å².